The van der Waals surface area contributed by atoms with Gasteiger partial charge in [-0.15, -0.1) is 0 Å². The summed E-state index contributed by atoms with van der Waals surface area (Å²) in [7, 11) is 0. The number of fused-ring (bicyclic) bond motifs is 1. The molecule has 0 fully saturated rings. The van der Waals surface area contributed by atoms with Crippen LogP contribution in [0.2, 0.25) is 0 Å². The van der Waals surface area contributed by atoms with Crippen LogP contribution in [0.25, 0.3) is 0 Å². The minimum absolute atomic E-state index is 0.935. The van der Waals surface area contributed by atoms with Gasteiger partial charge in [0.25, 0.3) is 0 Å². The molecule has 0 bridgehead atoms. The van der Waals surface area contributed by atoms with Crippen molar-refractivity contribution in [3.8, 4) is 0 Å². The molecular formula is C14H16N2S. The van der Waals surface area contributed by atoms with Gasteiger partial charge < -0.3 is 10.6 Å². The first-order valence-electron chi connectivity index (χ1n) is 5.99. The summed E-state index contributed by atoms with van der Waals surface area (Å²) in [5.74, 6) is 0. The predicted molar refractivity (Wildman–Crippen MR) is 73.5 cm³/mol. The third-order valence-electron chi connectivity index (χ3n) is 3.12. The lowest BCUT2D eigenvalue weighted by atomic mass is 10.1. The molecule has 17 heavy (non-hydrogen) atoms. The van der Waals surface area contributed by atoms with Gasteiger partial charge in [-0.25, -0.2) is 0 Å². The number of hydrogen-bond donors (Lipinski definition) is 2. The van der Waals surface area contributed by atoms with Crippen molar-refractivity contribution in [1.82, 2.24) is 5.32 Å². The maximum atomic E-state index is 3.47. The summed E-state index contributed by atoms with van der Waals surface area (Å²) in [6.45, 7) is 2.97. The monoisotopic (exact) mass is 244 g/mol. The van der Waals surface area contributed by atoms with Gasteiger partial charge in [0.2, 0.25) is 0 Å². The van der Waals surface area contributed by atoms with E-state index < -0.39 is 0 Å². The molecule has 0 spiro atoms. The molecule has 1 aromatic heterocycles. The highest BCUT2D eigenvalue weighted by Crippen LogP contribution is 2.23. The summed E-state index contributed by atoms with van der Waals surface area (Å²) in [5, 5.41) is 11.2. The molecule has 1 aliphatic heterocycles. The normalized spacial score (nSPS) is 13.4. The van der Waals surface area contributed by atoms with E-state index in [1.807, 2.05) is 0 Å². The minimum Gasteiger partial charge on any atom is -0.384 e. The first-order valence-corrected chi connectivity index (χ1v) is 6.93. The maximum absolute atomic E-state index is 3.47. The van der Waals surface area contributed by atoms with Gasteiger partial charge in [0.1, 0.15) is 0 Å². The third kappa shape index (κ3) is 2.51. The van der Waals surface area contributed by atoms with E-state index in [-0.39, 0.29) is 0 Å². The molecule has 0 atom stereocenters. The fourth-order valence-corrected chi connectivity index (χ4v) is 2.86. The Balaban J connectivity index is 1.58. The molecule has 2 heterocycles. The molecule has 3 rings (SSSR count). The standard InChI is InChI=1S/C14H16N2S/c1-2-13-3-5-16-14(13)7-11(1)8-15-9-12-4-6-17-10-12/h1-2,4,6-7,10,15-16H,3,5,8-9H2. The van der Waals surface area contributed by atoms with Crippen LogP contribution in [0.4, 0.5) is 5.69 Å². The number of hydrogen-bond acceptors (Lipinski definition) is 3. The number of rotatable bonds is 4. The Morgan fingerprint density at radius 3 is 3.00 bits per heavy atom. The fraction of sp³-hybridized carbons (Fsp3) is 0.286. The number of thiophene rings is 1. The molecular weight excluding hydrogens is 228 g/mol. The Labute approximate surface area is 106 Å². The van der Waals surface area contributed by atoms with Crippen LogP contribution >= 0.6 is 11.3 Å². The van der Waals surface area contributed by atoms with Crippen LogP contribution in [0, 0.1) is 0 Å². The number of nitrogens with one attached hydrogen (secondary N) is 2. The first-order chi connectivity index (χ1) is 8.42. The minimum atomic E-state index is 0.935. The van der Waals surface area contributed by atoms with Gasteiger partial charge in [-0.05, 0) is 46.0 Å². The number of benzene rings is 1. The Kier molecular flexibility index (Phi) is 3.12. The quantitative estimate of drug-likeness (QED) is 0.864. The van der Waals surface area contributed by atoms with Crippen molar-refractivity contribution < 1.29 is 0 Å². The highest BCUT2D eigenvalue weighted by Gasteiger charge is 2.09. The average molecular weight is 244 g/mol. The third-order valence-corrected chi connectivity index (χ3v) is 3.85. The van der Waals surface area contributed by atoms with Gasteiger partial charge in [-0.2, -0.15) is 11.3 Å². The molecule has 3 heteroatoms. The maximum Gasteiger partial charge on any atom is 0.0376 e. The molecule has 1 aliphatic rings. The lowest BCUT2D eigenvalue weighted by molar-refractivity contribution is 0.695. The Morgan fingerprint density at radius 2 is 2.12 bits per heavy atom. The average Bonchev–Trinajstić information content (AvgIpc) is 2.98. The van der Waals surface area contributed by atoms with Crippen molar-refractivity contribution in [3.05, 3.63) is 51.7 Å². The topological polar surface area (TPSA) is 24.1 Å². The van der Waals surface area contributed by atoms with E-state index in [2.05, 4.69) is 45.7 Å². The molecule has 0 aliphatic carbocycles. The van der Waals surface area contributed by atoms with Gasteiger partial charge in [0.15, 0.2) is 0 Å². The highest BCUT2D eigenvalue weighted by molar-refractivity contribution is 7.07. The highest BCUT2D eigenvalue weighted by atomic mass is 32.1. The lowest BCUT2D eigenvalue weighted by Crippen LogP contribution is -2.12. The summed E-state index contributed by atoms with van der Waals surface area (Å²) in [6, 6.07) is 8.91. The van der Waals surface area contributed by atoms with E-state index in [1.165, 1.54) is 22.4 Å². The lowest BCUT2D eigenvalue weighted by Gasteiger charge is -2.06. The van der Waals surface area contributed by atoms with E-state index in [0.29, 0.717) is 0 Å². The van der Waals surface area contributed by atoms with Crippen molar-refractivity contribution in [2.24, 2.45) is 0 Å². The van der Waals surface area contributed by atoms with E-state index in [0.717, 1.165) is 26.1 Å². The molecule has 2 N–H and O–H groups in total. The number of anilines is 1. The summed E-state index contributed by atoms with van der Waals surface area (Å²) in [6.07, 6.45) is 1.16. The Bertz CT molecular complexity index is 491. The van der Waals surface area contributed by atoms with Crippen LogP contribution < -0.4 is 10.6 Å². The van der Waals surface area contributed by atoms with E-state index in [4.69, 9.17) is 0 Å². The molecule has 0 saturated carbocycles. The van der Waals surface area contributed by atoms with Crippen molar-refractivity contribution in [3.63, 3.8) is 0 Å². The first kappa shape index (κ1) is 10.8. The van der Waals surface area contributed by atoms with Crippen molar-refractivity contribution in [2.75, 3.05) is 11.9 Å². The molecule has 0 unspecified atom stereocenters. The van der Waals surface area contributed by atoms with Crippen LogP contribution in [0.5, 0.6) is 0 Å². The molecule has 88 valence electrons. The van der Waals surface area contributed by atoms with Crippen molar-refractivity contribution >= 4 is 17.0 Å². The zero-order valence-electron chi connectivity index (χ0n) is 9.70. The van der Waals surface area contributed by atoms with Gasteiger partial charge in [-0.1, -0.05) is 12.1 Å². The summed E-state index contributed by atoms with van der Waals surface area (Å²) in [4.78, 5) is 0. The largest absolute Gasteiger partial charge is 0.384 e. The summed E-state index contributed by atoms with van der Waals surface area (Å²) in [5.41, 5.74) is 5.49. The van der Waals surface area contributed by atoms with Crippen LogP contribution in [0.15, 0.2) is 35.0 Å². The van der Waals surface area contributed by atoms with Crippen molar-refractivity contribution in [1.29, 1.82) is 0 Å². The molecule has 0 saturated heterocycles. The summed E-state index contributed by atoms with van der Waals surface area (Å²) < 4.78 is 0. The van der Waals surface area contributed by atoms with Crippen molar-refractivity contribution in [2.45, 2.75) is 19.5 Å². The van der Waals surface area contributed by atoms with Gasteiger partial charge in [0.05, 0.1) is 0 Å². The van der Waals surface area contributed by atoms with Gasteiger partial charge in [-0.3, -0.25) is 0 Å². The SMILES string of the molecule is c1cc(CNCc2ccc3c(c2)NCC3)cs1. The molecule has 1 aromatic carbocycles. The molecule has 2 aromatic rings. The zero-order chi connectivity index (χ0) is 11.5. The van der Waals surface area contributed by atoms with E-state index in [1.54, 1.807) is 11.3 Å². The molecule has 0 radical (unpaired) electrons. The molecule has 2 nitrogen and oxygen atoms in total. The Hall–Kier alpha value is -1.32. The van der Waals surface area contributed by atoms with E-state index in [9.17, 15) is 0 Å². The second-order valence-electron chi connectivity index (χ2n) is 4.40. The second-order valence-corrected chi connectivity index (χ2v) is 5.18. The smallest absolute Gasteiger partial charge is 0.0376 e. The van der Waals surface area contributed by atoms with Crippen LogP contribution in [-0.4, -0.2) is 6.54 Å². The van der Waals surface area contributed by atoms with Crippen LogP contribution in [-0.2, 0) is 19.5 Å². The molecule has 0 amide bonds. The fourth-order valence-electron chi connectivity index (χ4n) is 2.19. The van der Waals surface area contributed by atoms with Gasteiger partial charge in [0, 0.05) is 25.3 Å². The summed E-state index contributed by atoms with van der Waals surface area (Å²) >= 11 is 1.75. The van der Waals surface area contributed by atoms with E-state index >= 15 is 0 Å². The van der Waals surface area contributed by atoms with Crippen LogP contribution in [0.1, 0.15) is 16.7 Å². The predicted octanol–water partition coefficient (Wildman–Crippen LogP) is 3.01. The van der Waals surface area contributed by atoms with Gasteiger partial charge >= 0.3 is 0 Å². The second kappa shape index (κ2) is 4.90. The van der Waals surface area contributed by atoms with Crippen LogP contribution in [0.3, 0.4) is 0 Å². The zero-order valence-corrected chi connectivity index (χ0v) is 10.5. The Morgan fingerprint density at radius 1 is 1.18 bits per heavy atom.